The van der Waals surface area contributed by atoms with Gasteiger partial charge in [0, 0.05) is 38.1 Å². The lowest BCUT2D eigenvalue weighted by atomic mass is 9.99. The van der Waals surface area contributed by atoms with Gasteiger partial charge in [-0.1, -0.05) is 30.3 Å². The number of nitrogens with one attached hydrogen (secondary N) is 1. The molecule has 4 rings (SSSR count). The predicted octanol–water partition coefficient (Wildman–Crippen LogP) is 2.51. The zero-order chi connectivity index (χ0) is 17.2. The Morgan fingerprint density at radius 2 is 1.81 bits per heavy atom. The lowest BCUT2D eigenvalue weighted by Gasteiger charge is -2.37. The molecule has 3 unspecified atom stereocenters. The highest BCUT2D eigenvalue weighted by atomic mass is 35.5. The van der Waals surface area contributed by atoms with Gasteiger partial charge in [0.2, 0.25) is 11.8 Å². The maximum absolute atomic E-state index is 13.5. The third-order valence-corrected chi connectivity index (χ3v) is 5.86. The van der Waals surface area contributed by atoms with Gasteiger partial charge in [0.15, 0.2) is 0 Å². The van der Waals surface area contributed by atoms with Crippen molar-refractivity contribution < 1.29 is 9.59 Å². The Morgan fingerprint density at radius 3 is 2.58 bits per heavy atom. The van der Waals surface area contributed by atoms with Crippen LogP contribution in [0.4, 0.5) is 0 Å². The number of nitrogens with zero attached hydrogens (tertiary/aromatic N) is 2. The molecule has 1 aromatic rings. The van der Waals surface area contributed by atoms with Gasteiger partial charge >= 0.3 is 0 Å². The summed E-state index contributed by atoms with van der Waals surface area (Å²) in [5.41, 5.74) is 0.935. The molecule has 0 spiro atoms. The molecule has 3 aliphatic rings. The molecule has 26 heavy (non-hydrogen) atoms. The Hall–Kier alpha value is -1.59. The average molecular weight is 378 g/mol. The molecule has 0 radical (unpaired) electrons. The van der Waals surface area contributed by atoms with Crippen LogP contribution < -0.4 is 5.32 Å². The standard InChI is InChI=1S/C20H27N3O2.ClH/c24-18-8-4-5-12-23(18)19(15-6-2-1-3-7-15)20(25)22-13-11-16-9-10-17(14-22)21-16;/h1-3,6-7,16-17,19,21H,4-5,8-14H2;1H. The minimum absolute atomic E-state index is 0. The topological polar surface area (TPSA) is 52.7 Å². The molecule has 5 nitrogen and oxygen atoms in total. The number of benzene rings is 1. The van der Waals surface area contributed by atoms with E-state index in [4.69, 9.17) is 0 Å². The zero-order valence-electron chi connectivity index (χ0n) is 15.1. The summed E-state index contributed by atoms with van der Waals surface area (Å²) in [6.07, 6.45) is 5.85. The monoisotopic (exact) mass is 377 g/mol. The SMILES string of the molecule is Cl.O=C(C(c1ccccc1)N1CCCCC1=O)N1CCC2CCC(C1)N2. The minimum atomic E-state index is -0.467. The smallest absolute Gasteiger partial charge is 0.250 e. The second-order valence-corrected chi connectivity index (χ2v) is 7.57. The van der Waals surface area contributed by atoms with Crippen molar-refractivity contribution in [3.63, 3.8) is 0 Å². The molecular formula is C20H28ClN3O2. The Kier molecular flexibility index (Phi) is 6.20. The quantitative estimate of drug-likeness (QED) is 0.880. The first kappa shape index (κ1) is 19.2. The van der Waals surface area contributed by atoms with E-state index in [1.165, 1.54) is 6.42 Å². The van der Waals surface area contributed by atoms with Crippen molar-refractivity contribution in [3.8, 4) is 0 Å². The number of piperidine rings is 1. The van der Waals surface area contributed by atoms with Crippen molar-refractivity contribution in [3.05, 3.63) is 35.9 Å². The van der Waals surface area contributed by atoms with E-state index in [0.717, 1.165) is 44.3 Å². The van der Waals surface area contributed by atoms with Crippen LogP contribution in [0, 0.1) is 0 Å². The number of carbonyl (C=O) groups is 2. The van der Waals surface area contributed by atoms with E-state index >= 15 is 0 Å². The fourth-order valence-corrected chi connectivity index (χ4v) is 4.51. The van der Waals surface area contributed by atoms with Crippen LogP contribution >= 0.6 is 12.4 Å². The van der Waals surface area contributed by atoms with Crippen molar-refractivity contribution in [2.75, 3.05) is 19.6 Å². The summed E-state index contributed by atoms with van der Waals surface area (Å²) in [6, 6.07) is 10.3. The molecule has 0 aromatic heterocycles. The van der Waals surface area contributed by atoms with Gasteiger partial charge in [0.05, 0.1) is 0 Å². The number of hydrogen-bond donors (Lipinski definition) is 1. The summed E-state index contributed by atoms with van der Waals surface area (Å²) < 4.78 is 0. The van der Waals surface area contributed by atoms with Crippen LogP contribution in [-0.4, -0.2) is 53.3 Å². The van der Waals surface area contributed by atoms with Crippen LogP contribution in [0.1, 0.15) is 50.1 Å². The lowest BCUT2D eigenvalue weighted by Crippen LogP contribution is -2.49. The van der Waals surface area contributed by atoms with E-state index in [2.05, 4.69) is 5.32 Å². The Bertz CT molecular complexity index is 639. The molecule has 3 saturated heterocycles. The summed E-state index contributed by atoms with van der Waals surface area (Å²) >= 11 is 0. The highest BCUT2D eigenvalue weighted by Gasteiger charge is 2.38. The summed E-state index contributed by atoms with van der Waals surface area (Å²) in [5.74, 6) is 0.207. The molecule has 0 aliphatic carbocycles. The Balaban J connectivity index is 0.00000196. The maximum atomic E-state index is 13.5. The molecular weight excluding hydrogens is 350 g/mol. The number of hydrogen-bond acceptors (Lipinski definition) is 3. The number of rotatable bonds is 3. The maximum Gasteiger partial charge on any atom is 0.250 e. The highest BCUT2D eigenvalue weighted by Crippen LogP contribution is 2.29. The van der Waals surface area contributed by atoms with E-state index in [9.17, 15) is 9.59 Å². The summed E-state index contributed by atoms with van der Waals surface area (Å²) in [7, 11) is 0. The first-order valence-corrected chi connectivity index (χ1v) is 9.61. The van der Waals surface area contributed by atoms with E-state index in [-0.39, 0.29) is 24.2 Å². The van der Waals surface area contributed by atoms with E-state index in [1.807, 2.05) is 40.1 Å². The van der Waals surface area contributed by atoms with Gasteiger partial charge in [-0.05, 0) is 37.7 Å². The van der Waals surface area contributed by atoms with Gasteiger partial charge < -0.3 is 15.1 Å². The molecule has 3 heterocycles. The summed E-state index contributed by atoms with van der Waals surface area (Å²) in [4.78, 5) is 29.8. The van der Waals surface area contributed by atoms with E-state index in [0.29, 0.717) is 25.0 Å². The van der Waals surface area contributed by atoms with Crippen molar-refractivity contribution in [1.29, 1.82) is 0 Å². The zero-order valence-corrected chi connectivity index (χ0v) is 15.9. The van der Waals surface area contributed by atoms with Crippen molar-refractivity contribution in [1.82, 2.24) is 15.1 Å². The lowest BCUT2D eigenvalue weighted by molar-refractivity contribution is -0.148. The van der Waals surface area contributed by atoms with Gasteiger partial charge in [-0.3, -0.25) is 9.59 Å². The molecule has 2 amide bonds. The fourth-order valence-electron chi connectivity index (χ4n) is 4.51. The van der Waals surface area contributed by atoms with Gasteiger partial charge in [-0.15, -0.1) is 12.4 Å². The largest absolute Gasteiger partial charge is 0.339 e. The molecule has 6 heteroatoms. The van der Waals surface area contributed by atoms with Crippen LogP contribution in [0.2, 0.25) is 0 Å². The third-order valence-electron chi connectivity index (χ3n) is 5.86. The predicted molar refractivity (Wildman–Crippen MR) is 103 cm³/mol. The molecule has 3 aliphatic heterocycles. The van der Waals surface area contributed by atoms with Crippen LogP contribution in [0.3, 0.4) is 0 Å². The molecule has 1 N–H and O–H groups in total. The molecule has 2 bridgehead atoms. The number of amides is 2. The van der Waals surface area contributed by atoms with Crippen LogP contribution in [-0.2, 0) is 9.59 Å². The first-order valence-electron chi connectivity index (χ1n) is 9.61. The normalized spacial score (nSPS) is 26.8. The van der Waals surface area contributed by atoms with Gasteiger partial charge in [-0.25, -0.2) is 0 Å². The van der Waals surface area contributed by atoms with Crippen LogP contribution in [0.5, 0.6) is 0 Å². The average Bonchev–Trinajstić information content (AvgIpc) is 2.96. The molecule has 1 aromatic carbocycles. The van der Waals surface area contributed by atoms with Crippen molar-refractivity contribution in [2.45, 2.75) is 56.7 Å². The van der Waals surface area contributed by atoms with Gasteiger partial charge in [-0.2, -0.15) is 0 Å². The van der Waals surface area contributed by atoms with Crippen molar-refractivity contribution in [2.24, 2.45) is 0 Å². The van der Waals surface area contributed by atoms with Crippen LogP contribution in [0.25, 0.3) is 0 Å². The first-order chi connectivity index (χ1) is 12.2. The second-order valence-electron chi connectivity index (χ2n) is 7.57. The number of carbonyl (C=O) groups excluding carboxylic acids is 2. The number of likely N-dealkylation sites (tertiary alicyclic amines) is 2. The second kappa shape index (κ2) is 8.40. The van der Waals surface area contributed by atoms with Crippen LogP contribution in [0.15, 0.2) is 30.3 Å². The molecule has 3 fully saturated rings. The molecule has 0 saturated carbocycles. The molecule has 142 valence electrons. The highest BCUT2D eigenvalue weighted by molar-refractivity contribution is 5.89. The summed E-state index contributed by atoms with van der Waals surface area (Å²) in [6.45, 7) is 2.24. The number of fused-ring (bicyclic) bond motifs is 2. The third kappa shape index (κ3) is 3.89. The van der Waals surface area contributed by atoms with Crippen molar-refractivity contribution >= 4 is 24.2 Å². The van der Waals surface area contributed by atoms with E-state index < -0.39 is 6.04 Å². The van der Waals surface area contributed by atoms with E-state index in [1.54, 1.807) is 0 Å². The van der Waals surface area contributed by atoms with Gasteiger partial charge in [0.25, 0.3) is 0 Å². The minimum Gasteiger partial charge on any atom is -0.339 e. The molecule has 3 atom stereocenters. The number of halogens is 1. The Morgan fingerprint density at radius 1 is 1.04 bits per heavy atom. The fraction of sp³-hybridized carbons (Fsp3) is 0.600. The Labute approximate surface area is 161 Å². The summed E-state index contributed by atoms with van der Waals surface area (Å²) in [5, 5.41) is 3.63. The van der Waals surface area contributed by atoms with Gasteiger partial charge in [0.1, 0.15) is 6.04 Å².